The fourth-order valence-electron chi connectivity index (χ4n) is 2.70. The molecule has 2 fully saturated rings. The second kappa shape index (κ2) is 4.88. The molecule has 0 atom stereocenters. The first-order valence-corrected chi connectivity index (χ1v) is 8.29. The van der Waals surface area contributed by atoms with Crippen molar-refractivity contribution in [1.82, 2.24) is 19.8 Å². The lowest BCUT2D eigenvalue weighted by molar-refractivity contribution is 0.264. The normalized spacial score (nSPS) is 22.7. The molecule has 1 saturated heterocycles. The number of hydrogen-bond donors (Lipinski definition) is 2. The highest BCUT2D eigenvalue weighted by Crippen LogP contribution is 2.46. The van der Waals surface area contributed by atoms with Gasteiger partial charge in [0.05, 0.1) is 6.20 Å². The van der Waals surface area contributed by atoms with Gasteiger partial charge in [-0.3, -0.25) is 5.10 Å². The van der Waals surface area contributed by atoms with Gasteiger partial charge in [0.25, 0.3) is 0 Å². The van der Waals surface area contributed by atoms with Crippen LogP contribution in [0.3, 0.4) is 0 Å². The summed E-state index contributed by atoms with van der Waals surface area (Å²) in [5.41, 5.74) is 0.168. The predicted molar refractivity (Wildman–Crippen MR) is 71.1 cm³/mol. The Morgan fingerprint density at radius 2 is 2.11 bits per heavy atom. The lowest BCUT2D eigenvalue weighted by atomic mass is 10.1. The van der Waals surface area contributed by atoms with Crippen molar-refractivity contribution in [2.45, 2.75) is 30.6 Å². The van der Waals surface area contributed by atoms with E-state index in [9.17, 15) is 8.42 Å². The molecule has 0 unspecified atom stereocenters. The van der Waals surface area contributed by atoms with Crippen LogP contribution in [0.5, 0.6) is 0 Å². The highest BCUT2D eigenvalue weighted by molar-refractivity contribution is 7.89. The minimum absolute atomic E-state index is 0.168. The van der Waals surface area contributed by atoms with E-state index in [4.69, 9.17) is 0 Å². The third kappa shape index (κ3) is 2.98. The van der Waals surface area contributed by atoms with Gasteiger partial charge in [-0.25, -0.2) is 13.1 Å². The van der Waals surface area contributed by atoms with Crippen LogP contribution in [-0.4, -0.2) is 49.7 Å². The Bertz CT molecular complexity index is 516. The molecule has 1 aromatic rings. The Labute approximate surface area is 113 Å². The van der Waals surface area contributed by atoms with Crippen LogP contribution in [-0.2, 0) is 10.0 Å². The topological polar surface area (TPSA) is 78.1 Å². The second-order valence-corrected chi connectivity index (χ2v) is 7.51. The number of aromatic nitrogens is 2. The molecule has 6 nitrogen and oxygen atoms in total. The Hall–Kier alpha value is -0.920. The largest absolute Gasteiger partial charge is 0.303 e. The fraction of sp³-hybridized carbons (Fsp3) is 0.750. The van der Waals surface area contributed by atoms with Crippen LogP contribution in [0.4, 0.5) is 0 Å². The molecule has 0 radical (unpaired) electrons. The van der Waals surface area contributed by atoms with Crippen molar-refractivity contribution in [3.63, 3.8) is 0 Å². The maximum atomic E-state index is 12.0. The number of hydrogen-bond acceptors (Lipinski definition) is 4. The molecule has 1 aromatic heterocycles. The minimum Gasteiger partial charge on any atom is -0.303 e. The zero-order valence-electron chi connectivity index (χ0n) is 10.9. The average Bonchev–Trinajstić information content (AvgIpc) is 2.86. The summed E-state index contributed by atoms with van der Waals surface area (Å²) in [5.74, 6) is 0. The number of likely N-dealkylation sites (tertiary alicyclic amines) is 1. The van der Waals surface area contributed by atoms with E-state index in [2.05, 4.69) is 19.8 Å². The van der Waals surface area contributed by atoms with Gasteiger partial charge in [-0.15, -0.1) is 0 Å². The van der Waals surface area contributed by atoms with Gasteiger partial charge in [0.2, 0.25) is 10.0 Å². The van der Waals surface area contributed by atoms with Crippen LogP contribution in [0.25, 0.3) is 0 Å². The van der Waals surface area contributed by atoms with Crippen molar-refractivity contribution in [3.05, 3.63) is 12.4 Å². The van der Waals surface area contributed by atoms with Gasteiger partial charge in [0, 0.05) is 19.3 Å². The quantitative estimate of drug-likeness (QED) is 0.800. The molecule has 1 saturated carbocycles. The van der Waals surface area contributed by atoms with E-state index < -0.39 is 10.0 Å². The Balaban J connectivity index is 1.57. The Morgan fingerprint density at radius 1 is 1.37 bits per heavy atom. The molecule has 0 amide bonds. The summed E-state index contributed by atoms with van der Waals surface area (Å²) in [5, 5.41) is 6.21. The van der Waals surface area contributed by atoms with Crippen LogP contribution < -0.4 is 4.72 Å². The monoisotopic (exact) mass is 284 g/mol. The molecule has 2 heterocycles. The van der Waals surface area contributed by atoms with Crippen LogP contribution >= 0.6 is 0 Å². The van der Waals surface area contributed by atoms with Crippen molar-refractivity contribution >= 4 is 10.0 Å². The van der Waals surface area contributed by atoms with Crippen LogP contribution in [0.1, 0.15) is 25.7 Å². The van der Waals surface area contributed by atoms with Crippen molar-refractivity contribution in [2.75, 3.05) is 26.2 Å². The summed E-state index contributed by atoms with van der Waals surface area (Å²) < 4.78 is 26.8. The highest BCUT2D eigenvalue weighted by Gasteiger charge is 2.44. The first-order valence-electron chi connectivity index (χ1n) is 6.81. The molecule has 0 bridgehead atoms. The Kier molecular flexibility index (Phi) is 3.36. The van der Waals surface area contributed by atoms with Crippen molar-refractivity contribution < 1.29 is 8.42 Å². The third-order valence-electron chi connectivity index (χ3n) is 4.14. The summed E-state index contributed by atoms with van der Waals surface area (Å²) >= 11 is 0. The van der Waals surface area contributed by atoms with E-state index in [-0.39, 0.29) is 10.3 Å². The summed E-state index contributed by atoms with van der Waals surface area (Å²) in [6.45, 7) is 3.89. The summed E-state index contributed by atoms with van der Waals surface area (Å²) in [6.07, 6.45) is 7.53. The highest BCUT2D eigenvalue weighted by atomic mass is 32.2. The van der Waals surface area contributed by atoms with E-state index in [0.29, 0.717) is 6.54 Å². The van der Waals surface area contributed by atoms with E-state index in [1.807, 2.05) is 0 Å². The van der Waals surface area contributed by atoms with Gasteiger partial charge >= 0.3 is 0 Å². The van der Waals surface area contributed by atoms with E-state index >= 15 is 0 Å². The summed E-state index contributed by atoms with van der Waals surface area (Å²) in [6, 6.07) is 0. The summed E-state index contributed by atoms with van der Waals surface area (Å²) in [4.78, 5) is 2.67. The molecule has 2 N–H and O–H groups in total. The van der Waals surface area contributed by atoms with E-state index in [1.165, 1.54) is 25.2 Å². The molecule has 7 heteroatoms. The fourth-order valence-corrected chi connectivity index (χ4v) is 3.76. The molecule has 1 aliphatic carbocycles. The SMILES string of the molecule is O=S(=O)(NCC1(CN2CCCC2)CC1)c1cn[nH]c1. The average molecular weight is 284 g/mol. The predicted octanol–water partition coefficient (Wildman–Crippen LogP) is 0.564. The first-order chi connectivity index (χ1) is 9.10. The standard InChI is InChI=1S/C12H20N4O2S/c17-19(18,11-7-13-14-8-11)15-9-12(3-4-12)10-16-5-1-2-6-16/h7-8,15H,1-6,9-10H2,(H,13,14). The van der Waals surface area contributed by atoms with Gasteiger partial charge in [0.15, 0.2) is 0 Å². The number of nitrogens with zero attached hydrogens (tertiary/aromatic N) is 2. The maximum Gasteiger partial charge on any atom is 0.243 e. The smallest absolute Gasteiger partial charge is 0.243 e. The molecule has 0 aromatic carbocycles. The number of H-pyrrole nitrogens is 1. The van der Waals surface area contributed by atoms with Crippen molar-refractivity contribution in [2.24, 2.45) is 5.41 Å². The third-order valence-corrected chi connectivity index (χ3v) is 5.50. The molecule has 0 spiro atoms. The van der Waals surface area contributed by atoms with E-state index in [1.54, 1.807) is 0 Å². The van der Waals surface area contributed by atoms with Gasteiger partial charge in [-0.05, 0) is 44.2 Å². The lowest BCUT2D eigenvalue weighted by Crippen LogP contribution is -2.37. The molecule has 19 heavy (non-hydrogen) atoms. The number of aromatic amines is 1. The maximum absolute atomic E-state index is 12.0. The van der Waals surface area contributed by atoms with Gasteiger partial charge in [0.1, 0.15) is 4.90 Å². The zero-order chi connectivity index (χ0) is 13.3. The van der Waals surface area contributed by atoms with Gasteiger partial charge in [-0.1, -0.05) is 0 Å². The van der Waals surface area contributed by atoms with Crippen molar-refractivity contribution in [3.8, 4) is 0 Å². The van der Waals surface area contributed by atoms with E-state index in [0.717, 1.165) is 32.5 Å². The Morgan fingerprint density at radius 3 is 2.68 bits per heavy atom. The molecule has 106 valence electrons. The van der Waals surface area contributed by atoms with Crippen molar-refractivity contribution in [1.29, 1.82) is 0 Å². The summed E-state index contributed by atoms with van der Waals surface area (Å²) in [7, 11) is -3.41. The first kappa shape index (κ1) is 13.1. The van der Waals surface area contributed by atoms with Crippen LogP contribution in [0.15, 0.2) is 17.3 Å². The molecular weight excluding hydrogens is 264 g/mol. The van der Waals surface area contributed by atoms with Gasteiger partial charge in [-0.2, -0.15) is 5.10 Å². The molecule has 3 rings (SSSR count). The minimum atomic E-state index is -3.41. The molecular formula is C12H20N4O2S. The number of sulfonamides is 1. The number of nitrogens with one attached hydrogen (secondary N) is 2. The van der Waals surface area contributed by atoms with Gasteiger partial charge < -0.3 is 4.90 Å². The van der Waals surface area contributed by atoms with Crippen LogP contribution in [0.2, 0.25) is 0 Å². The second-order valence-electron chi connectivity index (χ2n) is 5.74. The molecule has 2 aliphatic rings. The molecule has 1 aliphatic heterocycles. The number of rotatable bonds is 6. The van der Waals surface area contributed by atoms with Crippen LogP contribution in [0, 0.1) is 5.41 Å². The lowest BCUT2D eigenvalue weighted by Gasteiger charge is -2.23. The zero-order valence-corrected chi connectivity index (χ0v) is 11.7.